The van der Waals surface area contributed by atoms with E-state index < -0.39 is 0 Å². The molecule has 5 heteroatoms. The van der Waals surface area contributed by atoms with E-state index in [-0.39, 0.29) is 5.91 Å². The van der Waals surface area contributed by atoms with E-state index in [1.807, 2.05) is 24.3 Å². The third kappa shape index (κ3) is 4.99. The molecule has 0 aliphatic carbocycles. The standard InChI is InChI=1S/C16H24ClN3O/c17-15-7-2-1-5-13(15)11-19-16(21)12-20-10-4-3-6-14(20)8-9-18/h1-2,5,7,14H,3-4,6,8-12,18H2,(H,19,21). The molecule has 0 radical (unpaired) electrons. The largest absolute Gasteiger partial charge is 0.351 e. The zero-order chi connectivity index (χ0) is 15.1. The number of benzene rings is 1. The first-order chi connectivity index (χ1) is 10.2. The lowest BCUT2D eigenvalue weighted by Gasteiger charge is -2.35. The smallest absolute Gasteiger partial charge is 0.234 e. The van der Waals surface area contributed by atoms with Gasteiger partial charge in [0.15, 0.2) is 0 Å². The number of nitrogens with one attached hydrogen (secondary N) is 1. The number of nitrogens with two attached hydrogens (primary N) is 1. The first-order valence-electron chi connectivity index (χ1n) is 7.65. The van der Waals surface area contributed by atoms with Gasteiger partial charge in [-0.1, -0.05) is 36.2 Å². The minimum atomic E-state index is 0.0545. The minimum Gasteiger partial charge on any atom is -0.351 e. The van der Waals surface area contributed by atoms with E-state index in [0.717, 1.165) is 24.9 Å². The summed E-state index contributed by atoms with van der Waals surface area (Å²) in [5.41, 5.74) is 6.61. The summed E-state index contributed by atoms with van der Waals surface area (Å²) in [5.74, 6) is 0.0545. The Balaban J connectivity index is 1.82. The summed E-state index contributed by atoms with van der Waals surface area (Å²) in [4.78, 5) is 14.4. The highest BCUT2D eigenvalue weighted by atomic mass is 35.5. The van der Waals surface area contributed by atoms with Crippen molar-refractivity contribution in [2.45, 2.75) is 38.3 Å². The predicted molar refractivity (Wildman–Crippen MR) is 86.2 cm³/mol. The molecule has 2 rings (SSSR count). The number of piperidine rings is 1. The predicted octanol–water partition coefficient (Wildman–Crippen LogP) is 2.16. The molecule has 1 amide bonds. The van der Waals surface area contributed by atoms with Crippen molar-refractivity contribution < 1.29 is 4.79 Å². The van der Waals surface area contributed by atoms with Gasteiger partial charge in [0.05, 0.1) is 6.54 Å². The Bertz CT molecular complexity index is 465. The van der Waals surface area contributed by atoms with Crippen LogP contribution < -0.4 is 11.1 Å². The van der Waals surface area contributed by atoms with E-state index in [1.54, 1.807) is 0 Å². The molecule has 0 bridgehead atoms. The molecule has 1 fully saturated rings. The Morgan fingerprint density at radius 2 is 2.19 bits per heavy atom. The van der Waals surface area contributed by atoms with Crippen molar-refractivity contribution in [2.24, 2.45) is 5.73 Å². The summed E-state index contributed by atoms with van der Waals surface area (Å²) < 4.78 is 0. The number of amides is 1. The lowest BCUT2D eigenvalue weighted by Crippen LogP contribution is -2.46. The SMILES string of the molecule is NCCC1CCCCN1CC(=O)NCc1ccccc1Cl. The Morgan fingerprint density at radius 3 is 2.95 bits per heavy atom. The van der Waals surface area contributed by atoms with Crippen LogP contribution in [0.5, 0.6) is 0 Å². The third-order valence-corrected chi connectivity index (χ3v) is 4.40. The van der Waals surface area contributed by atoms with Gasteiger partial charge in [0, 0.05) is 17.6 Å². The maximum Gasteiger partial charge on any atom is 0.234 e. The van der Waals surface area contributed by atoms with Crippen LogP contribution in [0.3, 0.4) is 0 Å². The number of carbonyl (C=O) groups excluding carboxylic acids is 1. The van der Waals surface area contributed by atoms with Gasteiger partial charge in [0.1, 0.15) is 0 Å². The molecule has 3 N–H and O–H groups in total. The molecule has 0 saturated carbocycles. The van der Waals surface area contributed by atoms with Crippen LogP contribution in [0, 0.1) is 0 Å². The van der Waals surface area contributed by atoms with Gasteiger partial charge in [-0.2, -0.15) is 0 Å². The number of likely N-dealkylation sites (tertiary alicyclic amines) is 1. The maximum absolute atomic E-state index is 12.1. The van der Waals surface area contributed by atoms with E-state index in [4.69, 9.17) is 17.3 Å². The van der Waals surface area contributed by atoms with E-state index in [0.29, 0.717) is 30.7 Å². The third-order valence-electron chi connectivity index (χ3n) is 4.03. The van der Waals surface area contributed by atoms with Crippen molar-refractivity contribution in [1.29, 1.82) is 0 Å². The van der Waals surface area contributed by atoms with Gasteiger partial charge in [-0.15, -0.1) is 0 Å². The molecule has 1 aliphatic rings. The molecule has 0 spiro atoms. The molecular formula is C16H24ClN3O. The van der Waals surface area contributed by atoms with Crippen LogP contribution in [0.4, 0.5) is 0 Å². The zero-order valence-electron chi connectivity index (χ0n) is 12.4. The van der Waals surface area contributed by atoms with E-state index in [9.17, 15) is 4.79 Å². The summed E-state index contributed by atoms with van der Waals surface area (Å²) in [5, 5.41) is 3.64. The van der Waals surface area contributed by atoms with Crippen LogP contribution in [-0.2, 0) is 11.3 Å². The first kappa shape index (κ1) is 16.3. The molecule has 1 aromatic carbocycles. The normalized spacial score (nSPS) is 19.4. The maximum atomic E-state index is 12.1. The average Bonchev–Trinajstić information content (AvgIpc) is 2.49. The van der Waals surface area contributed by atoms with Crippen molar-refractivity contribution >= 4 is 17.5 Å². The fraction of sp³-hybridized carbons (Fsp3) is 0.562. The van der Waals surface area contributed by atoms with E-state index in [2.05, 4.69) is 10.2 Å². The fourth-order valence-electron chi connectivity index (χ4n) is 2.86. The zero-order valence-corrected chi connectivity index (χ0v) is 13.1. The van der Waals surface area contributed by atoms with Gasteiger partial charge in [-0.3, -0.25) is 9.69 Å². The van der Waals surface area contributed by atoms with Crippen LogP contribution >= 0.6 is 11.6 Å². The van der Waals surface area contributed by atoms with Crippen molar-refractivity contribution in [3.63, 3.8) is 0 Å². The molecule has 1 heterocycles. The van der Waals surface area contributed by atoms with Gasteiger partial charge >= 0.3 is 0 Å². The monoisotopic (exact) mass is 309 g/mol. The molecule has 1 unspecified atom stereocenters. The quantitative estimate of drug-likeness (QED) is 0.846. The molecule has 1 aromatic rings. The van der Waals surface area contributed by atoms with Gasteiger partial charge in [0.25, 0.3) is 0 Å². The lowest BCUT2D eigenvalue weighted by atomic mass is 9.99. The van der Waals surface area contributed by atoms with Crippen LogP contribution in [0.25, 0.3) is 0 Å². The highest BCUT2D eigenvalue weighted by Gasteiger charge is 2.23. The molecule has 21 heavy (non-hydrogen) atoms. The Kier molecular flexibility index (Phi) is 6.49. The summed E-state index contributed by atoms with van der Waals surface area (Å²) in [6, 6.07) is 8.04. The van der Waals surface area contributed by atoms with Crippen molar-refractivity contribution in [2.75, 3.05) is 19.6 Å². The van der Waals surface area contributed by atoms with Crippen LogP contribution in [0.1, 0.15) is 31.2 Å². The van der Waals surface area contributed by atoms with Crippen molar-refractivity contribution in [1.82, 2.24) is 10.2 Å². The van der Waals surface area contributed by atoms with E-state index in [1.165, 1.54) is 12.8 Å². The second-order valence-corrected chi connectivity index (χ2v) is 5.97. The number of rotatable bonds is 6. The second kappa shape index (κ2) is 8.37. The summed E-state index contributed by atoms with van der Waals surface area (Å²) >= 11 is 6.09. The van der Waals surface area contributed by atoms with Crippen LogP contribution in [-0.4, -0.2) is 36.5 Å². The first-order valence-corrected chi connectivity index (χ1v) is 8.02. The van der Waals surface area contributed by atoms with Gasteiger partial charge in [-0.05, 0) is 44.0 Å². The van der Waals surface area contributed by atoms with Gasteiger partial charge in [0.2, 0.25) is 5.91 Å². The number of hydrogen-bond donors (Lipinski definition) is 2. The summed E-state index contributed by atoms with van der Waals surface area (Å²) in [6.45, 7) is 2.61. The van der Waals surface area contributed by atoms with Crippen molar-refractivity contribution in [3.8, 4) is 0 Å². The minimum absolute atomic E-state index is 0.0545. The summed E-state index contributed by atoms with van der Waals surface area (Å²) in [7, 11) is 0. The summed E-state index contributed by atoms with van der Waals surface area (Å²) in [6.07, 6.45) is 4.52. The molecule has 0 aromatic heterocycles. The number of nitrogens with zero attached hydrogens (tertiary/aromatic N) is 1. The fourth-order valence-corrected chi connectivity index (χ4v) is 3.07. The van der Waals surface area contributed by atoms with Crippen LogP contribution in [0.2, 0.25) is 5.02 Å². The number of hydrogen-bond acceptors (Lipinski definition) is 3. The molecule has 1 aliphatic heterocycles. The Labute approximate surface area is 131 Å². The highest BCUT2D eigenvalue weighted by molar-refractivity contribution is 6.31. The molecular weight excluding hydrogens is 286 g/mol. The molecule has 1 saturated heterocycles. The molecule has 4 nitrogen and oxygen atoms in total. The Morgan fingerprint density at radius 1 is 1.38 bits per heavy atom. The van der Waals surface area contributed by atoms with Gasteiger partial charge in [-0.25, -0.2) is 0 Å². The topological polar surface area (TPSA) is 58.4 Å². The number of carbonyl (C=O) groups is 1. The Hall–Kier alpha value is -1.10. The van der Waals surface area contributed by atoms with E-state index >= 15 is 0 Å². The van der Waals surface area contributed by atoms with Crippen LogP contribution in [0.15, 0.2) is 24.3 Å². The average molecular weight is 310 g/mol. The van der Waals surface area contributed by atoms with Gasteiger partial charge < -0.3 is 11.1 Å². The second-order valence-electron chi connectivity index (χ2n) is 5.57. The molecule has 1 atom stereocenters. The van der Waals surface area contributed by atoms with Crippen molar-refractivity contribution in [3.05, 3.63) is 34.9 Å². The molecule has 116 valence electrons. The lowest BCUT2D eigenvalue weighted by molar-refractivity contribution is -0.123. The highest BCUT2D eigenvalue weighted by Crippen LogP contribution is 2.19. The number of halogens is 1.